The highest BCUT2D eigenvalue weighted by atomic mass is 19.1. The molecule has 0 N–H and O–H groups in total. The summed E-state index contributed by atoms with van der Waals surface area (Å²) in [4.78, 5) is 36.1. The molecule has 0 amide bonds. The lowest BCUT2D eigenvalue weighted by Gasteiger charge is -2.07. The lowest BCUT2D eigenvalue weighted by Crippen LogP contribution is -2.21. The van der Waals surface area contributed by atoms with Gasteiger partial charge in [-0.15, -0.1) is 0 Å². The molecule has 0 bridgehead atoms. The van der Waals surface area contributed by atoms with Crippen molar-refractivity contribution in [2.24, 2.45) is 0 Å². The first-order valence-corrected chi connectivity index (χ1v) is 7.24. The van der Waals surface area contributed by atoms with E-state index in [-0.39, 0.29) is 16.9 Å². The summed E-state index contributed by atoms with van der Waals surface area (Å²) in [5, 5.41) is 0. The zero-order valence-corrected chi connectivity index (χ0v) is 12.4. The second-order valence-corrected chi connectivity index (χ2v) is 5.32. The Morgan fingerprint density at radius 3 is 2.74 bits per heavy atom. The monoisotopic (exact) mass is 312 g/mol. The molecule has 0 aliphatic heterocycles. The predicted octanol–water partition coefficient (Wildman–Crippen LogP) is 3.54. The van der Waals surface area contributed by atoms with Crippen LogP contribution < -0.4 is 0 Å². The van der Waals surface area contributed by atoms with Crippen molar-refractivity contribution in [3.63, 3.8) is 0 Å². The number of benzene rings is 1. The first-order chi connectivity index (χ1) is 11.0. The number of rotatable bonds is 4. The average molecular weight is 312 g/mol. The number of hydrogen-bond donors (Lipinski definition) is 0. The molecule has 1 aliphatic rings. The maximum Gasteiger partial charge on any atom is 0.262 e. The Labute approximate surface area is 131 Å². The highest BCUT2D eigenvalue weighted by molar-refractivity contribution is 6.52. The lowest BCUT2D eigenvalue weighted by atomic mass is 9.93. The summed E-state index contributed by atoms with van der Waals surface area (Å²) in [7, 11) is 0. The number of Topliss-reactive ketones (excluding diaryl/α,β-unsaturated/α-hetero) is 2. The first-order valence-electron chi connectivity index (χ1n) is 7.24. The Balaban J connectivity index is 2.04. The fourth-order valence-corrected chi connectivity index (χ4v) is 2.60. The van der Waals surface area contributed by atoms with Crippen LogP contribution in [0.15, 0.2) is 40.8 Å². The molecule has 1 aromatic carbocycles. The van der Waals surface area contributed by atoms with Gasteiger partial charge in [0.2, 0.25) is 5.78 Å². The number of fused-ring (bicyclic) bond motifs is 1. The quantitative estimate of drug-likeness (QED) is 0.640. The maximum atomic E-state index is 13.3. The minimum Gasteiger partial charge on any atom is -0.463 e. The number of halogens is 1. The van der Waals surface area contributed by atoms with Crippen LogP contribution in [0.4, 0.5) is 4.39 Å². The van der Waals surface area contributed by atoms with Gasteiger partial charge in [0.15, 0.2) is 11.6 Å². The van der Waals surface area contributed by atoms with E-state index in [0.29, 0.717) is 5.56 Å². The third-order valence-corrected chi connectivity index (χ3v) is 3.70. The molecule has 1 heterocycles. The van der Waals surface area contributed by atoms with Gasteiger partial charge in [0.1, 0.15) is 12.0 Å². The largest absolute Gasteiger partial charge is 0.463 e. The minimum absolute atomic E-state index is 0.0178. The summed E-state index contributed by atoms with van der Waals surface area (Å²) in [5.74, 6) is -4.01. The second-order valence-electron chi connectivity index (χ2n) is 5.32. The molecular formula is C18H13FO4. The van der Waals surface area contributed by atoms with Crippen molar-refractivity contribution in [2.75, 3.05) is 0 Å². The summed E-state index contributed by atoms with van der Waals surface area (Å²) in [6.45, 7) is 2.03. The molecule has 3 rings (SSSR count). The highest BCUT2D eigenvalue weighted by Gasteiger charge is 2.35. The second kappa shape index (κ2) is 5.76. The molecule has 23 heavy (non-hydrogen) atoms. The molecule has 1 aromatic heterocycles. The predicted molar refractivity (Wildman–Crippen MR) is 81.0 cm³/mol. The van der Waals surface area contributed by atoms with Crippen LogP contribution in [-0.4, -0.2) is 17.3 Å². The van der Waals surface area contributed by atoms with E-state index in [4.69, 9.17) is 4.42 Å². The topological polar surface area (TPSA) is 64.3 Å². The third kappa shape index (κ3) is 2.54. The molecule has 0 unspecified atom stereocenters. The van der Waals surface area contributed by atoms with Gasteiger partial charge in [0.25, 0.3) is 5.78 Å². The SMILES string of the molecule is CCCc1cccc(C(=O)c2coc3c2C(=O)C(=O)C(F)=C3)c1. The van der Waals surface area contributed by atoms with Crippen molar-refractivity contribution in [3.05, 3.63) is 64.4 Å². The van der Waals surface area contributed by atoms with Crippen molar-refractivity contribution < 1.29 is 23.2 Å². The molecule has 0 fully saturated rings. The molecule has 0 radical (unpaired) electrons. The number of allylic oxidation sites excluding steroid dienone is 1. The van der Waals surface area contributed by atoms with Crippen molar-refractivity contribution in [2.45, 2.75) is 19.8 Å². The van der Waals surface area contributed by atoms with Crippen LogP contribution in [0.1, 0.15) is 50.9 Å². The fraction of sp³-hybridized carbons (Fsp3) is 0.167. The van der Waals surface area contributed by atoms with E-state index in [9.17, 15) is 18.8 Å². The molecule has 4 nitrogen and oxygen atoms in total. The van der Waals surface area contributed by atoms with E-state index >= 15 is 0 Å². The van der Waals surface area contributed by atoms with E-state index in [2.05, 4.69) is 0 Å². The zero-order valence-electron chi connectivity index (χ0n) is 12.4. The van der Waals surface area contributed by atoms with Crippen LogP contribution >= 0.6 is 0 Å². The summed E-state index contributed by atoms with van der Waals surface area (Å²) in [6, 6.07) is 7.05. The molecule has 0 saturated carbocycles. The Kier molecular flexibility index (Phi) is 3.78. The van der Waals surface area contributed by atoms with Crippen LogP contribution in [0.25, 0.3) is 6.08 Å². The molecule has 2 aromatic rings. The van der Waals surface area contributed by atoms with Crippen molar-refractivity contribution in [3.8, 4) is 0 Å². The third-order valence-electron chi connectivity index (χ3n) is 3.70. The van der Waals surface area contributed by atoms with Crippen LogP contribution in [0.2, 0.25) is 0 Å². The molecule has 1 aliphatic carbocycles. The summed E-state index contributed by atoms with van der Waals surface area (Å²) < 4.78 is 18.4. The number of ketones is 3. The van der Waals surface area contributed by atoms with Crippen LogP contribution in [0.3, 0.4) is 0 Å². The number of furan rings is 1. The van der Waals surface area contributed by atoms with E-state index in [1.165, 1.54) is 0 Å². The van der Waals surface area contributed by atoms with E-state index in [0.717, 1.165) is 30.7 Å². The fourth-order valence-electron chi connectivity index (χ4n) is 2.60. The van der Waals surface area contributed by atoms with Crippen LogP contribution in [0, 0.1) is 0 Å². The molecular weight excluding hydrogens is 299 g/mol. The molecule has 0 atom stereocenters. The van der Waals surface area contributed by atoms with Gasteiger partial charge in [-0.3, -0.25) is 14.4 Å². The first kappa shape index (κ1) is 15.1. The van der Waals surface area contributed by atoms with Crippen molar-refractivity contribution in [1.29, 1.82) is 0 Å². The number of aryl methyl sites for hydroxylation is 1. The van der Waals surface area contributed by atoms with Gasteiger partial charge in [-0.2, -0.15) is 0 Å². The van der Waals surface area contributed by atoms with Gasteiger partial charge >= 0.3 is 0 Å². The molecule has 116 valence electrons. The van der Waals surface area contributed by atoms with Gasteiger partial charge in [-0.05, 0) is 18.1 Å². The maximum absolute atomic E-state index is 13.3. The normalized spacial score (nSPS) is 13.7. The molecule has 0 spiro atoms. The smallest absolute Gasteiger partial charge is 0.262 e. The lowest BCUT2D eigenvalue weighted by molar-refractivity contribution is -0.113. The van der Waals surface area contributed by atoms with E-state index in [1.54, 1.807) is 18.2 Å². The summed E-state index contributed by atoms with van der Waals surface area (Å²) >= 11 is 0. The number of carbonyl (C=O) groups excluding carboxylic acids is 3. The van der Waals surface area contributed by atoms with Gasteiger partial charge in [0, 0.05) is 11.6 Å². The Morgan fingerprint density at radius 1 is 1.22 bits per heavy atom. The van der Waals surface area contributed by atoms with Gasteiger partial charge in [0.05, 0.1) is 11.1 Å². The molecule has 0 saturated heterocycles. The summed E-state index contributed by atoms with van der Waals surface area (Å²) in [6.07, 6.45) is 3.70. The molecule has 5 heteroatoms. The number of hydrogen-bond acceptors (Lipinski definition) is 4. The Morgan fingerprint density at radius 2 is 2.00 bits per heavy atom. The standard InChI is InChI=1S/C18H13FO4/c1-2-4-10-5-3-6-11(7-10)16(20)12-9-23-14-8-13(19)17(21)18(22)15(12)14/h3,5-9H,2,4H2,1H3. The van der Waals surface area contributed by atoms with E-state index < -0.39 is 23.2 Å². The minimum atomic E-state index is -1.26. The van der Waals surface area contributed by atoms with Crippen LogP contribution in [0.5, 0.6) is 0 Å². The average Bonchev–Trinajstić information content (AvgIpc) is 2.96. The van der Waals surface area contributed by atoms with Gasteiger partial charge in [-0.1, -0.05) is 31.5 Å². The summed E-state index contributed by atoms with van der Waals surface area (Å²) in [5.41, 5.74) is 1.22. The zero-order chi connectivity index (χ0) is 16.6. The highest BCUT2D eigenvalue weighted by Crippen LogP contribution is 2.29. The Bertz CT molecular complexity index is 858. The van der Waals surface area contributed by atoms with Gasteiger partial charge in [-0.25, -0.2) is 4.39 Å². The van der Waals surface area contributed by atoms with Gasteiger partial charge < -0.3 is 4.42 Å². The van der Waals surface area contributed by atoms with Crippen molar-refractivity contribution >= 4 is 23.4 Å². The van der Waals surface area contributed by atoms with Crippen LogP contribution in [-0.2, 0) is 11.2 Å². The van der Waals surface area contributed by atoms with E-state index in [1.807, 2.05) is 13.0 Å². The van der Waals surface area contributed by atoms with Crippen molar-refractivity contribution in [1.82, 2.24) is 0 Å². The Hall–Kier alpha value is -2.82. The number of carbonyl (C=O) groups is 3.